The second-order valence-electron chi connectivity index (χ2n) is 17.6. The number of hydrogen-bond acceptors (Lipinski definition) is 13. The average molecular weight is 851 g/mol. The lowest BCUT2D eigenvalue weighted by Gasteiger charge is -2.35. The number of carbonyl (C=O) groups is 4. The molecule has 1 aliphatic heterocycles. The molecule has 0 radical (unpaired) electrons. The highest BCUT2D eigenvalue weighted by molar-refractivity contribution is 6.36. The topological polar surface area (TPSA) is 193 Å². The molecule has 3 N–H and O–H groups in total. The number of likely N-dealkylation sites (tertiary alicyclic amines) is 1. The maximum Gasteiger partial charge on any atom is 0.408 e. The Morgan fingerprint density at radius 2 is 1.78 bits per heavy atom. The number of amides is 3. The van der Waals surface area contributed by atoms with Gasteiger partial charge in [-0.3, -0.25) is 9.59 Å². The van der Waals surface area contributed by atoms with E-state index in [0.717, 1.165) is 12.8 Å². The van der Waals surface area contributed by atoms with E-state index in [9.17, 15) is 19.2 Å². The van der Waals surface area contributed by atoms with Gasteiger partial charge in [-0.05, 0) is 68.9 Å². The third-order valence-electron chi connectivity index (χ3n) is 11.8. The Morgan fingerprint density at radius 3 is 2.43 bits per heavy atom. The van der Waals surface area contributed by atoms with Crippen molar-refractivity contribution in [2.45, 2.75) is 103 Å². The van der Waals surface area contributed by atoms with Gasteiger partial charge in [-0.1, -0.05) is 38.4 Å². The van der Waals surface area contributed by atoms with Crippen molar-refractivity contribution in [1.82, 2.24) is 25.5 Å². The number of fused-ring (bicyclic) bond motifs is 2. The van der Waals surface area contributed by atoms with Crippen LogP contribution in [0.15, 0.2) is 41.5 Å². The number of anilines is 1. The number of rotatable bonds is 16. The summed E-state index contributed by atoms with van der Waals surface area (Å²) < 4.78 is 34.3. The van der Waals surface area contributed by atoms with E-state index in [1.807, 2.05) is 34.6 Å². The molecule has 3 saturated carbocycles. The largest absolute Gasteiger partial charge is 0.490 e. The van der Waals surface area contributed by atoms with Crippen LogP contribution in [-0.4, -0.2) is 109 Å². The summed E-state index contributed by atoms with van der Waals surface area (Å²) >= 11 is 6.95. The van der Waals surface area contributed by atoms with Gasteiger partial charge in [0.05, 0.1) is 31.5 Å². The number of esters is 1. The number of aromatic nitrogens is 2. The highest BCUT2D eigenvalue weighted by atomic mass is 35.5. The number of ether oxygens (including phenoxy) is 5. The minimum atomic E-state index is -1.31. The van der Waals surface area contributed by atoms with Gasteiger partial charge in [0.2, 0.25) is 11.8 Å². The number of methoxy groups -OCH3 is 2. The van der Waals surface area contributed by atoms with Crippen LogP contribution in [0.1, 0.15) is 66.7 Å². The van der Waals surface area contributed by atoms with E-state index in [1.165, 1.54) is 24.7 Å². The van der Waals surface area contributed by atoms with Crippen LogP contribution in [0.3, 0.4) is 0 Å². The number of hydrogen-bond donors (Lipinski definition) is 3. The SMILES string of the molecule is C=C[C@@H]1C[C@]1(NC(=O)[C@@H]1C[C@H](Oc2cc(-c3coc(NC(C)C)n3)nc3c(Cl)c(OCCOC)ccc23)CN1C(=O)[C@@H](NC(=O)OC1C[C@@H]2C[C@@H]2C1)C(C)(C)C)C(=O)OC. The fourth-order valence-electron chi connectivity index (χ4n) is 8.40. The summed E-state index contributed by atoms with van der Waals surface area (Å²) in [5, 5.41) is 9.64. The Labute approximate surface area is 354 Å². The molecule has 324 valence electrons. The summed E-state index contributed by atoms with van der Waals surface area (Å²) in [5.74, 6) is -0.104. The molecule has 7 rings (SSSR count). The molecule has 1 unspecified atom stereocenters. The first-order valence-electron chi connectivity index (χ1n) is 20.5. The Bertz CT molecular complexity index is 2130. The van der Waals surface area contributed by atoms with Crippen LogP contribution in [0, 0.1) is 23.2 Å². The smallest absolute Gasteiger partial charge is 0.408 e. The third-order valence-corrected chi connectivity index (χ3v) is 12.1. The van der Waals surface area contributed by atoms with Crippen molar-refractivity contribution in [3.05, 3.63) is 42.1 Å². The number of benzene rings is 1. The number of nitrogens with zero attached hydrogens (tertiary/aromatic N) is 3. The molecule has 2 aromatic heterocycles. The summed E-state index contributed by atoms with van der Waals surface area (Å²) in [6, 6.07) is 3.37. The van der Waals surface area contributed by atoms with Crippen molar-refractivity contribution >= 4 is 52.4 Å². The molecule has 4 fully saturated rings. The first-order valence-corrected chi connectivity index (χ1v) is 20.9. The Hall–Kier alpha value is -5.09. The molecule has 8 atom stereocenters. The molecule has 17 heteroatoms. The van der Waals surface area contributed by atoms with Gasteiger partial charge in [0.15, 0.2) is 0 Å². The van der Waals surface area contributed by atoms with Crippen molar-refractivity contribution in [1.29, 1.82) is 0 Å². The van der Waals surface area contributed by atoms with Gasteiger partial charge in [-0.15, -0.1) is 6.58 Å². The van der Waals surface area contributed by atoms with Gasteiger partial charge >= 0.3 is 12.1 Å². The van der Waals surface area contributed by atoms with E-state index in [2.05, 4.69) is 27.5 Å². The van der Waals surface area contributed by atoms with Gasteiger partial charge in [0.1, 0.15) is 64.9 Å². The quantitative estimate of drug-likeness (QED) is 0.0876. The van der Waals surface area contributed by atoms with E-state index in [-0.39, 0.29) is 42.7 Å². The predicted molar refractivity (Wildman–Crippen MR) is 222 cm³/mol. The lowest BCUT2D eigenvalue weighted by atomic mass is 9.85. The highest BCUT2D eigenvalue weighted by Crippen LogP contribution is 2.52. The van der Waals surface area contributed by atoms with Crippen molar-refractivity contribution in [3.63, 3.8) is 0 Å². The van der Waals surface area contributed by atoms with E-state index < -0.39 is 53.0 Å². The molecule has 0 bridgehead atoms. The lowest BCUT2D eigenvalue weighted by Crippen LogP contribution is -2.59. The maximum atomic E-state index is 14.8. The molecule has 3 heterocycles. The minimum Gasteiger partial charge on any atom is -0.490 e. The molecular weight excluding hydrogens is 796 g/mol. The van der Waals surface area contributed by atoms with Gasteiger partial charge in [0, 0.05) is 36.9 Å². The first kappa shape index (κ1) is 43.0. The maximum absolute atomic E-state index is 14.8. The molecule has 60 heavy (non-hydrogen) atoms. The van der Waals surface area contributed by atoms with Gasteiger partial charge in [0.25, 0.3) is 6.01 Å². The van der Waals surface area contributed by atoms with E-state index in [0.29, 0.717) is 64.7 Å². The average Bonchev–Trinajstić information content (AvgIpc) is 3.86. The van der Waals surface area contributed by atoms with Crippen molar-refractivity contribution < 1.29 is 47.3 Å². The Balaban J connectivity index is 1.21. The molecule has 3 amide bonds. The van der Waals surface area contributed by atoms with Crippen LogP contribution >= 0.6 is 11.6 Å². The van der Waals surface area contributed by atoms with Crippen LogP contribution in [0.2, 0.25) is 5.02 Å². The monoisotopic (exact) mass is 850 g/mol. The normalized spacial score (nSPS) is 25.9. The minimum absolute atomic E-state index is 0.0389. The van der Waals surface area contributed by atoms with Gasteiger partial charge < -0.3 is 49.0 Å². The molecule has 4 aliphatic rings. The fraction of sp³-hybridized carbons (Fsp3) is 0.581. The Morgan fingerprint density at radius 1 is 1.03 bits per heavy atom. The molecule has 16 nitrogen and oxygen atoms in total. The van der Waals surface area contributed by atoms with Crippen LogP contribution in [0.4, 0.5) is 10.8 Å². The van der Waals surface area contributed by atoms with Crippen LogP contribution in [0.25, 0.3) is 22.3 Å². The number of oxazole rings is 1. The second kappa shape index (κ2) is 17.1. The number of carbonyl (C=O) groups excluding carboxylic acids is 4. The molecule has 0 spiro atoms. The van der Waals surface area contributed by atoms with Crippen LogP contribution in [0.5, 0.6) is 11.5 Å². The zero-order valence-corrected chi connectivity index (χ0v) is 35.9. The van der Waals surface area contributed by atoms with E-state index >= 15 is 0 Å². The Kier molecular flexibility index (Phi) is 12.3. The molecule has 1 saturated heterocycles. The molecule has 3 aromatic rings. The highest BCUT2D eigenvalue weighted by Gasteiger charge is 2.62. The second-order valence-corrected chi connectivity index (χ2v) is 18.0. The summed E-state index contributed by atoms with van der Waals surface area (Å²) in [6.45, 7) is 13.8. The summed E-state index contributed by atoms with van der Waals surface area (Å²) in [5.41, 5.74) is -0.955. The summed E-state index contributed by atoms with van der Waals surface area (Å²) in [7, 11) is 2.83. The van der Waals surface area contributed by atoms with Gasteiger partial charge in [-0.25, -0.2) is 14.6 Å². The first-order chi connectivity index (χ1) is 28.5. The molecular formula is C43H55ClN6O10. The van der Waals surface area contributed by atoms with Crippen LogP contribution in [-0.2, 0) is 28.6 Å². The summed E-state index contributed by atoms with van der Waals surface area (Å²) in [6.07, 6.45) is 4.58. The zero-order chi connectivity index (χ0) is 43.1. The zero-order valence-electron chi connectivity index (χ0n) is 35.2. The number of nitrogens with one attached hydrogen (secondary N) is 3. The van der Waals surface area contributed by atoms with Crippen LogP contribution < -0.4 is 25.4 Å². The van der Waals surface area contributed by atoms with Crippen molar-refractivity contribution in [2.75, 3.05) is 39.3 Å². The van der Waals surface area contributed by atoms with E-state index in [1.54, 1.807) is 31.4 Å². The molecule has 3 aliphatic carbocycles. The standard InChI is InChI=1S/C43H55ClN6O10/c1-9-25-19-43(25,39(53)56-8)49-37(51)31-17-27(20-50(31)38(52)36(42(4,5)6)48-41(54)60-26-15-23-14-24(23)16-26)59-33-18-29(30-21-58-40(47-30)45-22(2)3)46-35-28(33)10-11-32(34(35)44)57-13-12-55-7/h9-11,18,21-27,31,36H,1,12-17,19-20H2,2-8H3,(H,45,47)(H,48,54)(H,49,51)/t23-,24+,25-,26?,27+,31+,36-,43-/m1/s1. The fourth-order valence-corrected chi connectivity index (χ4v) is 8.67. The third kappa shape index (κ3) is 8.99. The lowest BCUT2D eigenvalue weighted by molar-refractivity contribution is -0.148. The van der Waals surface area contributed by atoms with Crippen molar-refractivity contribution in [3.8, 4) is 22.9 Å². The number of alkyl carbamates (subject to hydrolysis) is 1. The number of halogens is 1. The predicted octanol–water partition coefficient (Wildman–Crippen LogP) is 5.91. The number of pyridine rings is 1. The summed E-state index contributed by atoms with van der Waals surface area (Å²) in [4.78, 5) is 66.4. The van der Waals surface area contributed by atoms with E-state index in [4.69, 9.17) is 44.7 Å². The molecule has 1 aromatic carbocycles. The van der Waals surface area contributed by atoms with Crippen molar-refractivity contribution in [2.24, 2.45) is 23.2 Å². The van der Waals surface area contributed by atoms with Gasteiger partial charge in [-0.2, -0.15) is 4.98 Å².